The van der Waals surface area contributed by atoms with E-state index >= 15 is 0 Å². The Kier molecular flexibility index (Phi) is 8.62. The first-order valence-electron chi connectivity index (χ1n) is 12.2. The molecule has 0 unspecified atom stereocenters. The largest absolute Gasteiger partial charge is 0.487 e. The van der Waals surface area contributed by atoms with E-state index in [-0.39, 0.29) is 49.2 Å². The standard InChI is InChI=1S/C27H34N2O7S/c1-19-14-29(20(2)17-30)37(31,32)27-10-8-21(6-5-11-33-4)12-25(27)36-26(19)16-28(3)15-22-7-9-23-24(13-22)35-18-34-23/h7-10,12-13,19-20,26,30H,11,14-18H2,1-4H3/t19-,20+,26-/m0/s1. The lowest BCUT2D eigenvalue weighted by Crippen LogP contribution is -2.49. The third-order valence-corrected chi connectivity index (χ3v) is 8.52. The molecule has 0 amide bonds. The predicted molar refractivity (Wildman–Crippen MR) is 138 cm³/mol. The highest BCUT2D eigenvalue weighted by Crippen LogP contribution is 2.35. The van der Waals surface area contributed by atoms with E-state index in [4.69, 9.17) is 18.9 Å². The van der Waals surface area contributed by atoms with Gasteiger partial charge in [0.05, 0.1) is 6.61 Å². The van der Waals surface area contributed by atoms with Gasteiger partial charge in [-0.15, -0.1) is 0 Å². The molecule has 0 aliphatic carbocycles. The van der Waals surface area contributed by atoms with Gasteiger partial charge in [-0.25, -0.2) is 8.42 Å². The highest BCUT2D eigenvalue weighted by atomic mass is 32.2. The molecule has 1 N–H and O–H groups in total. The molecule has 37 heavy (non-hydrogen) atoms. The van der Waals surface area contributed by atoms with E-state index in [9.17, 15) is 13.5 Å². The molecule has 0 saturated carbocycles. The molecule has 2 aromatic carbocycles. The Labute approximate surface area is 218 Å². The Bertz CT molecular complexity index is 1270. The fourth-order valence-corrected chi connectivity index (χ4v) is 6.28. The van der Waals surface area contributed by atoms with Gasteiger partial charge in [0.2, 0.25) is 16.8 Å². The second-order valence-electron chi connectivity index (χ2n) is 9.52. The normalized spacial score (nSPS) is 21.2. The van der Waals surface area contributed by atoms with E-state index < -0.39 is 16.1 Å². The monoisotopic (exact) mass is 530 g/mol. The van der Waals surface area contributed by atoms with Gasteiger partial charge in [-0.1, -0.05) is 24.8 Å². The van der Waals surface area contributed by atoms with E-state index in [1.54, 1.807) is 26.2 Å². The lowest BCUT2D eigenvalue weighted by molar-refractivity contribution is 0.0733. The van der Waals surface area contributed by atoms with Crippen LogP contribution in [-0.2, 0) is 21.3 Å². The summed E-state index contributed by atoms with van der Waals surface area (Å²) in [5.74, 6) is 7.46. The third-order valence-electron chi connectivity index (χ3n) is 6.50. The van der Waals surface area contributed by atoms with Crippen molar-refractivity contribution in [3.8, 4) is 29.1 Å². The molecule has 0 spiro atoms. The number of aliphatic hydroxyl groups excluding tert-OH is 1. The van der Waals surface area contributed by atoms with Crippen LogP contribution >= 0.6 is 0 Å². The number of aliphatic hydroxyl groups is 1. The number of hydrogen-bond acceptors (Lipinski definition) is 8. The molecular weight excluding hydrogens is 496 g/mol. The van der Waals surface area contributed by atoms with Crippen molar-refractivity contribution in [2.24, 2.45) is 5.92 Å². The number of nitrogens with zero attached hydrogens (tertiary/aromatic N) is 2. The maximum absolute atomic E-state index is 13.6. The van der Waals surface area contributed by atoms with Crippen molar-refractivity contribution in [3.63, 3.8) is 0 Å². The van der Waals surface area contributed by atoms with Gasteiger partial charge in [-0.05, 0) is 49.9 Å². The summed E-state index contributed by atoms with van der Waals surface area (Å²) in [6, 6.07) is 10.2. The van der Waals surface area contributed by atoms with Crippen LogP contribution < -0.4 is 14.2 Å². The van der Waals surface area contributed by atoms with E-state index in [0.29, 0.717) is 18.7 Å². The van der Waals surface area contributed by atoms with Gasteiger partial charge in [0.15, 0.2) is 11.5 Å². The summed E-state index contributed by atoms with van der Waals surface area (Å²) < 4.78 is 50.9. The first kappa shape index (κ1) is 27.2. The lowest BCUT2D eigenvalue weighted by Gasteiger charge is -2.37. The highest BCUT2D eigenvalue weighted by molar-refractivity contribution is 7.89. The van der Waals surface area contributed by atoms with Crippen LogP contribution in [0.3, 0.4) is 0 Å². The van der Waals surface area contributed by atoms with E-state index in [1.165, 1.54) is 10.4 Å². The van der Waals surface area contributed by atoms with Crippen molar-refractivity contribution >= 4 is 10.0 Å². The minimum Gasteiger partial charge on any atom is -0.487 e. The lowest BCUT2D eigenvalue weighted by atomic mass is 10.0. The molecule has 0 bridgehead atoms. The zero-order valence-electron chi connectivity index (χ0n) is 21.6. The number of benzene rings is 2. The molecule has 2 aromatic rings. The van der Waals surface area contributed by atoms with Crippen molar-refractivity contribution < 1.29 is 32.5 Å². The topological polar surface area (TPSA) is 97.8 Å². The SMILES string of the molecule is COCC#Cc1ccc2c(c1)O[C@@H](CN(C)Cc1ccc3c(c1)OCO3)[C@@H](C)CN([C@H](C)CO)S2(=O)=O. The smallest absolute Gasteiger partial charge is 0.247 e. The molecule has 3 atom stereocenters. The number of fused-ring (bicyclic) bond motifs is 2. The van der Waals surface area contributed by atoms with Gasteiger partial charge in [-0.3, -0.25) is 4.90 Å². The van der Waals surface area contributed by atoms with Crippen LogP contribution in [0.25, 0.3) is 0 Å². The quantitative estimate of drug-likeness (QED) is 0.545. The Balaban J connectivity index is 1.63. The Morgan fingerprint density at radius 2 is 1.97 bits per heavy atom. The van der Waals surface area contributed by atoms with Crippen molar-refractivity contribution in [1.29, 1.82) is 0 Å². The van der Waals surface area contributed by atoms with Gasteiger partial charge in [-0.2, -0.15) is 4.31 Å². The van der Waals surface area contributed by atoms with E-state index in [0.717, 1.165) is 17.1 Å². The summed E-state index contributed by atoms with van der Waals surface area (Å²) in [5.41, 5.74) is 1.70. The molecule has 0 fully saturated rings. The van der Waals surface area contributed by atoms with Gasteiger partial charge in [0, 0.05) is 44.3 Å². The van der Waals surface area contributed by atoms with Crippen molar-refractivity contribution in [2.75, 3.05) is 47.3 Å². The van der Waals surface area contributed by atoms with Gasteiger partial charge < -0.3 is 24.1 Å². The van der Waals surface area contributed by atoms with Crippen LogP contribution in [0.15, 0.2) is 41.3 Å². The number of rotatable bonds is 7. The average molecular weight is 531 g/mol. The molecular formula is C27H34N2O7S. The highest BCUT2D eigenvalue weighted by Gasteiger charge is 2.38. The first-order chi connectivity index (χ1) is 17.7. The zero-order valence-corrected chi connectivity index (χ0v) is 22.5. The zero-order chi connectivity index (χ0) is 26.6. The third kappa shape index (κ3) is 6.20. The number of sulfonamides is 1. The van der Waals surface area contributed by atoms with Crippen LogP contribution in [0.4, 0.5) is 0 Å². The summed E-state index contributed by atoms with van der Waals surface area (Å²) in [6.45, 7) is 5.31. The van der Waals surface area contributed by atoms with Gasteiger partial charge >= 0.3 is 0 Å². The molecule has 2 aliphatic rings. The van der Waals surface area contributed by atoms with E-state index in [2.05, 4.69) is 16.7 Å². The Morgan fingerprint density at radius 3 is 2.73 bits per heavy atom. The minimum atomic E-state index is -3.90. The predicted octanol–water partition coefficient (Wildman–Crippen LogP) is 2.31. The summed E-state index contributed by atoms with van der Waals surface area (Å²) >= 11 is 0. The molecule has 0 radical (unpaired) electrons. The van der Waals surface area contributed by atoms with E-state index in [1.807, 2.05) is 32.2 Å². The number of ether oxygens (including phenoxy) is 4. The van der Waals surface area contributed by atoms with Crippen molar-refractivity contribution in [1.82, 2.24) is 9.21 Å². The summed E-state index contributed by atoms with van der Waals surface area (Å²) in [7, 11) is -0.338. The Morgan fingerprint density at radius 1 is 1.19 bits per heavy atom. The molecule has 4 rings (SSSR count). The first-order valence-corrected chi connectivity index (χ1v) is 13.6. The number of hydrogen-bond donors (Lipinski definition) is 1. The molecule has 2 heterocycles. The maximum atomic E-state index is 13.6. The number of likely N-dealkylation sites (N-methyl/N-ethyl adjacent to an activating group) is 1. The molecule has 0 saturated heterocycles. The van der Waals surface area contributed by atoms with Crippen LogP contribution in [0, 0.1) is 17.8 Å². The maximum Gasteiger partial charge on any atom is 0.247 e. The summed E-state index contributed by atoms with van der Waals surface area (Å²) in [5, 5.41) is 9.83. The average Bonchev–Trinajstić information content (AvgIpc) is 3.34. The van der Waals surface area contributed by atoms with Crippen LogP contribution in [0.2, 0.25) is 0 Å². The summed E-state index contributed by atoms with van der Waals surface area (Å²) in [6.07, 6.45) is -0.316. The molecule has 0 aromatic heterocycles. The molecule has 2 aliphatic heterocycles. The van der Waals surface area contributed by atoms with Crippen molar-refractivity contribution in [3.05, 3.63) is 47.5 Å². The Hall–Kier alpha value is -2.81. The van der Waals surface area contributed by atoms with Crippen LogP contribution in [0.1, 0.15) is 25.0 Å². The minimum absolute atomic E-state index is 0.0698. The fraction of sp³-hybridized carbons (Fsp3) is 0.481. The van der Waals surface area contributed by atoms with Gasteiger partial charge in [0.1, 0.15) is 23.4 Å². The van der Waals surface area contributed by atoms with Crippen LogP contribution in [-0.4, -0.2) is 82.1 Å². The van der Waals surface area contributed by atoms with Crippen LogP contribution in [0.5, 0.6) is 17.2 Å². The van der Waals surface area contributed by atoms with Crippen molar-refractivity contribution in [2.45, 2.75) is 37.4 Å². The molecule has 200 valence electrons. The second-order valence-corrected chi connectivity index (χ2v) is 11.4. The molecule has 10 heteroatoms. The number of methoxy groups -OCH3 is 1. The summed E-state index contributed by atoms with van der Waals surface area (Å²) in [4.78, 5) is 2.21. The second kappa shape index (κ2) is 11.7. The molecule has 9 nitrogen and oxygen atoms in total. The fourth-order valence-electron chi connectivity index (χ4n) is 4.45. The van der Waals surface area contributed by atoms with Gasteiger partial charge in [0.25, 0.3) is 0 Å².